The monoisotopic (exact) mass is 134 g/mol. The minimum Gasteiger partial charge on any atom is -0.409 e. The third-order valence-corrected chi connectivity index (χ3v) is 1.30. The number of nitrogens with zero attached hydrogens (tertiary/aromatic N) is 1. The molecule has 0 amide bonds. The van der Waals surface area contributed by atoms with Crippen LogP contribution in [0.1, 0.15) is 6.42 Å². The van der Waals surface area contributed by atoms with E-state index in [4.69, 9.17) is 10.9 Å². The minimum atomic E-state index is 0.305. The maximum Gasteiger partial charge on any atom is 0.139 e. The molecule has 3 N–H and O–H groups in total. The molecule has 0 heterocycles. The van der Waals surface area contributed by atoms with Crippen molar-refractivity contribution in [1.82, 2.24) is 0 Å². The molecule has 0 aliphatic rings. The Morgan fingerprint density at radius 2 is 2.50 bits per heavy atom. The average Bonchev–Trinajstić information content (AvgIpc) is 1.83. The molecule has 0 atom stereocenters. The van der Waals surface area contributed by atoms with Gasteiger partial charge in [0.15, 0.2) is 0 Å². The molecule has 8 heavy (non-hydrogen) atoms. The second-order valence-corrected chi connectivity index (χ2v) is 2.32. The van der Waals surface area contributed by atoms with Crippen LogP contribution in [0.2, 0.25) is 0 Å². The molecule has 0 aliphatic carbocycles. The molecule has 0 aromatic carbocycles. The van der Waals surface area contributed by atoms with Crippen LogP contribution < -0.4 is 5.73 Å². The van der Waals surface area contributed by atoms with Crippen molar-refractivity contribution >= 4 is 17.6 Å². The van der Waals surface area contributed by atoms with Crippen molar-refractivity contribution in [3.8, 4) is 0 Å². The lowest BCUT2D eigenvalue weighted by Gasteiger charge is -1.91. The first-order valence-corrected chi connectivity index (χ1v) is 3.66. The van der Waals surface area contributed by atoms with Crippen molar-refractivity contribution in [2.75, 3.05) is 12.0 Å². The summed E-state index contributed by atoms with van der Waals surface area (Å²) in [4.78, 5) is 0. The topological polar surface area (TPSA) is 58.6 Å². The van der Waals surface area contributed by atoms with Gasteiger partial charge in [0.05, 0.1) is 0 Å². The van der Waals surface area contributed by atoms with Crippen molar-refractivity contribution < 1.29 is 5.21 Å². The predicted molar refractivity (Wildman–Crippen MR) is 36.4 cm³/mol. The Hall–Kier alpha value is -0.380. The molecule has 0 rings (SSSR count). The highest BCUT2D eigenvalue weighted by molar-refractivity contribution is 7.98. The lowest BCUT2D eigenvalue weighted by Crippen LogP contribution is -2.11. The van der Waals surface area contributed by atoms with Gasteiger partial charge in [0, 0.05) is 12.2 Å². The fourth-order valence-electron chi connectivity index (χ4n) is 0.257. The smallest absolute Gasteiger partial charge is 0.139 e. The predicted octanol–water partition coefficient (Wildman–Crippen LogP) is 0.486. The average molecular weight is 134 g/mol. The number of nitrogens with two attached hydrogens (primary N) is 1. The number of hydrogen-bond donors (Lipinski definition) is 2. The van der Waals surface area contributed by atoms with Gasteiger partial charge in [0.25, 0.3) is 0 Å². The second kappa shape index (κ2) is 4.77. The van der Waals surface area contributed by atoms with Crippen LogP contribution in [-0.2, 0) is 0 Å². The Bertz CT molecular complexity index is 84.1. The van der Waals surface area contributed by atoms with Gasteiger partial charge in [-0.3, -0.25) is 0 Å². The summed E-state index contributed by atoms with van der Waals surface area (Å²) in [5.41, 5.74) is 5.15. The number of oxime groups is 1. The quantitative estimate of drug-likeness (QED) is 0.255. The van der Waals surface area contributed by atoms with Crippen molar-refractivity contribution in [2.24, 2.45) is 10.9 Å². The van der Waals surface area contributed by atoms with Gasteiger partial charge < -0.3 is 10.9 Å². The van der Waals surface area contributed by atoms with Crippen molar-refractivity contribution in [3.05, 3.63) is 0 Å². The van der Waals surface area contributed by atoms with Crippen molar-refractivity contribution in [1.29, 1.82) is 0 Å². The normalized spacial score (nSPS) is 11.9. The van der Waals surface area contributed by atoms with Crippen LogP contribution >= 0.6 is 11.8 Å². The minimum absolute atomic E-state index is 0.305. The summed E-state index contributed by atoms with van der Waals surface area (Å²) >= 11 is 1.67. The molecule has 0 radical (unpaired) electrons. The van der Waals surface area contributed by atoms with Gasteiger partial charge in [0.1, 0.15) is 5.84 Å². The van der Waals surface area contributed by atoms with Gasteiger partial charge >= 0.3 is 0 Å². The molecule has 0 bridgehead atoms. The number of thioether (sulfide) groups is 1. The van der Waals surface area contributed by atoms with E-state index in [0.29, 0.717) is 12.3 Å². The van der Waals surface area contributed by atoms with Crippen LogP contribution in [0.25, 0.3) is 0 Å². The molecule has 4 heteroatoms. The Balaban J connectivity index is 3.12. The van der Waals surface area contributed by atoms with E-state index < -0.39 is 0 Å². The van der Waals surface area contributed by atoms with Crippen LogP contribution in [0.4, 0.5) is 0 Å². The van der Waals surface area contributed by atoms with Gasteiger partial charge in [-0.15, -0.1) is 0 Å². The lowest BCUT2D eigenvalue weighted by atomic mass is 10.5. The number of hydrogen-bond acceptors (Lipinski definition) is 3. The van der Waals surface area contributed by atoms with Gasteiger partial charge in [-0.2, -0.15) is 11.8 Å². The SMILES string of the molecule is CSCC/C(N)=N/O. The van der Waals surface area contributed by atoms with Gasteiger partial charge in [0.2, 0.25) is 0 Å². The third kappa shape index (κ3) is 3.80. The molecular formula is C4H10N2OS. The maximum absolute atomic E-state index is 8.02. The van der Waals surface area contributed by atoms with E-state index in [9.17, 15) is 0 Å². The Labute approximate surface area is 52.9 Å². The van der Waals surface area contributed by atoms with E-state index in [-0.39, 0.29) is 0 Å². The van der Waals surface area contributed by atoms with E-state index in [1.165, 1.54) is 0 Å². The summed E-state index contributed by atoms with van der Waals surface area (Å²) in [6.45, 7) is 0. The van der Waals surface area contributed by atoms with Crippen LogP contribution in [0.5, 0.6) is 0 Å². The van der Waals surface area contributed by atoms with Gasteiger partial charge in [-0.1, -0.05) is 5.16 Å². The molecule has 48 valence electrons. The maximum atomic E-state index is 8.02. The number of amidine groups is 1. The van der Waals surface area contributed by atoms with Gasteiger partial charge in [-0.05, 0) is 6.26 Å². The first kappa shape index (κ1) is 7.62. The molecule has 0 saturated carbocycles. The fourth-order valence-corrected chi connectivity index (χ4v) is 0.670. The summed E-state index contributed by atoms with van der Waals surface area (Å²) in [7, 11) is 0. The second-order valence-electron chi connectivity index (χ2n) is 1.33. The van der Waals surface area contributed by atoms with E-state index >= 15 is 0 Å². The van der Waals surface area contributed by atoms with Crippen LogP contribution in [0.15, 0.2) is 5.16 Å². The first-order chi connectivity index (χ1) is 3.81. The fraction of sp³-hybridized carbons (Fsp3) is 0.750. The summed E-state index contributed by atoms with van der Waals surface area (Å²) in [6, 6.07) is 0. The largest absolute Gasteiger partial charge is 0.409 e. The highest BCUT2D eigenvalue weighted by Gasteiger charge is 1.88. The molecule has 0 aromatic heterocycles. The molecule has 0 aromatic rings. The highest BCUT2D eigenvalue weighted by Crippen LogP contribution is 1.93. The first-order valence-electron chi connectivity index (χ1n) is 2.26. The van der Waals surface area contributed by atoms with Crippen LogP contribution in [0, 0.1) is 0 Å². The van der Waals surface area contributed by atoms with Crippen LogP contribution in [-0.4, -0.2) is 23.1 Å². The highest BCUT2D eigenvalue weighted by atomic mass is 32.2. The number of rotatable bonds is 3. The van der Waals surface area contributed by atoms with E-state index in [1.807, 2.05) is 6.26 Å². The zero-order chi connectivity index (χ0) is 6.41. The summed E-state index contributed by atoms with van der Waals surface area (Å²) in [5, 5.41) is 10.8. The van der Waals surface area contributed by atoms with E-state index in [1.54, 1.807) is 11.8 Å². The molecule has 0 fully saturated rings. The van der Waals surface area contributed by atoms with Crippen molar-refractivity contribution in [2.45, 2.75) is 6.42 Å². The molecule has 3 nitrogen and oxygen atoms in total. The summed E-state index contributed by atoms with van der Waals surface area (Å²) in [5.74, 6) is 1.22. The molecule has 0 spiro atoms. The zero-order valence-electron chi connectivity index (χ0n) is 4.79. The molecular weight excluding hydrogens is 124 g/mol. The Morgan fingerprint density at radius 3 is 2.88 bits per heavy atom. The van der Waals surface area contributed by atoms with Gasteiger partial charge in [-0.25, -0.2) is 0 Å². The third-order valence-electron chi connectivity index (χ3n) is 0.691. The van der Waals surface area contributed by atoms with Crippen LogP contribution in [0.3, 0.4) is 0 Å². The summed E-state index contributed by atoms with van der Waals surface area (Å²) < 4.78 is 0. The zero-order valence-corrected chi connectivity index (χ0v) is 5.61. The summed E-state index contributed by atoms with van der Waals surface area (Å²) in [6.07, 6.45) is 2.64. The molecule has 0 saturated heterocycles. The molecule has 0 unspecified atom stereocenters. The van der Waals surface area contributed by atoms with E-state index in [2.05, 4.69) is 5.16 Å². The Morgan fingerprint density at radius 1 is 1.88 bits per heavy atom. The van der Waals surface area contributed by atoms with Crippen molar-refractivity contribution in [3.63, 3.8) is 0 Å². The van der Waals surface area contributed by atoms with E-state index in [0.717, 1.165) is 5.75 Å². The molecule has 0 aliphatic heterocycles. The Kier molecular flexibility index (Phi) is 4.54. The standard InChI is InChI=1S/C4H10N2OS/c1-8-3-2-4(5)6-7/h7H,2-3H2,1H3,(H2,5,6). The lowest BCUT2D eigenvalue weighted by molar-refractivity contribution is 0.317.